The third-order valence-corrected chi connectivity index (χ3v) is 7.76. The lowest BCUT2D eigenvalue weighted by molar-refractivity contribution is -0.140. The maximum atomic E-state index is 13.3. The van der Waals surface area contributed by atoms with Gasteiger partial charge in [0.15, 0.2) is 15.9 Å². The van der Waals surface area contributed by atoms with Crippen molar-refractivity contribution in [3.8, 4) is 5.75 Å². The van der Waals surface area contributed by atoms with E-state index in [1.165, 1.54) is 0 Å². The molecule has 0 saturated carbocycles. The molecule has 0 aromatic heterocycles. The molecular formula is C22H25Cl2NO4S. The predicted molar refractivity (Wildman–Crippen MR) is 120 cm³/mol. The molecule has 2 unspecified atom stereocenters. The molecule has 1 saturated heterocycles. The average molecular weight is 470 g/mol. The van der Waals surface area contributed by atoms with Crippen molar-refractivity contribution in [2.75, 3.05) is 11.5 Å². The number of rotatable bonds is 6. The summed E-state index contributed by atoms with van der Waals surface area (Å²) in [6.07, 6.45) is -0.378. The summed E-state index contributed by atoms with van der Waals surface area (Å²) in [5.74, 6) is 0.339. The van der Waals surface area contributed by atoms with E-state index in [-0.39, 0.29) is 24.0 Å². The summed E-state index contributed by atoms with van der Waals surface area (Å²) >= 11 is 12.3. The van der Waals surface area contributed by atoms with Crippen molar-refractivity contribution in [3.63, 3.8) is 0 Å². The summed E-state index contributed by atoms with van der Waals surface area (Å²) in [6, 6.07) is 10.3. The molecule has 5 nitrogen and oxygen atoms in total. The second-order valence-electron chi connectivity index (χ2n) is 7.76. The van der Waals surface area contributed by atoms with Gasteiger partial charge in [-0.05, 0) is 68.1 Å². The summed E-state index contributed by atoms with van der Waals surface area (Å²) < 4.78 is 30.0. The molecule has 162 valence electrons. The fourth-order valence-corrected chi connectivity index (χ4v) is 5.72. The Morgan fingerprint density at radius 1 is 1.17 bits per heavy atom. The van der Waals surface area contributed by atoms with Gasteiger partial charge in [-0.15, -0.1) is 0 Å². The van der Waals surface area contributed by atoms with Crippen molar-refractivity contribution in [3.05, 3.63) is 63.1 Å². The van der Waals surface area contributed by atoms with Gasteiger partial charge in [-0.25, -0.2) is 8.42 Å². The average Bonchev–Trinajstić information content (AvgIpc) is 3.03. The molecule has 1 aliphatic rings. The van der Waals surface area contributed by atoms with Gasteiger partial charge >= 0.3 is 0 Å². The van der Waals surface area contributed by atoms with Crippen LogP contribution in [0.4, 0.5) is 0 Å². The summed E-state index contributed by atoms with van der Waals surface area (Å²) in [4.78, 5) is 14.9. The van der Waals surface area contributed by atoms with E-state index >= 15 is 0 Å². The van der Waals surface area contributed by atoms with Crippen molar-refractivity contribution in [1.82, 2.24) is 4.90 Å². The molecule has 0 radical (unpaired) electrons. The van der Waals surface area contributed by atoms with Crippen molar-refractivity contribution in [2.24, 2.45) is 0 Å². The van der Waals surface area contributed by atoms with Crippen LogP contribution in [0.3, 0.4) is 0 Å². The molecule has 0 spiro atoms. The molecule has 1 aliphatic heterocycles. The van der Waals surface area contributed by atoms with Gasteiger partial charge in [0.1, 0.15) is 5.75 Å². The molecule has 1 fully saturated rings. The van der Waals surface area contributed by atoms with E-state index in [9.17, 15) is 13.2 Å². The standard InChI is InChI=1S/C22H25Cl2NO4S/c1-14-4-7-20(10-15(14)2)29-16(3)22(26)25(19-8-9-30(27,28)13-19)12-17-5-6-18(23)11-21(17)24/h4-7,10-11,16,19H,8-9,12-13H2,1-3H3. The molecule has 2 aromatic carbocycles. The minimum Gasteiger partial charge on any atom is -0.481 e. The number of hydrogen-bond acceptors (Lipinski definition) is 4. The summed E-state index contributed by atoms with van der Waals surface area (Å²) in [6.45, 7) is 5.85. The lowest BCUT2D eigenvalue weighted by Gasteiger charge is -2.31. The second-order valence-corrected chi connectivity index (χ2v) is 10.8. The Balaban J connectivity index is 1.84. The number of ether oxygens (including phenoxy) is 1. The Hall–Kier alpha value is -1.76. The summed E-state index contributed by atoms with van der Waals surface area (Å²) in [7, 11) is -3.17. The first kappa shape index (κ1) is 22.9. The Bertz CT molecular complexity index is 1060. The van der Waals surface area contributed by atoms with E-state index in [1.54, 1.807) is 30.0 Å². The third-order valence-electron chi connectivity index (χ3n) is 5.43. The minimum absolute atomic E-state index is 0.0552. The molecule has 1 heterocycles. The van der Waals surface area contributed by atoms with Crippen LogP contribution in [-0.2, 0) is 21.2 Å². The van der Waals surface area contributed by atoms with Crippen molar-refractivity contribution in [1.29, 1.82) is 0 Å². The number of aryl methyl sites for hydroxylation is 2. The number of carbonyl (C=O) groups is 1. The molecule has 30 heavy (non-hydrogen) atoms. The zero-order chi connectivity index (χ0) is 22.1. The lowest BCUT2D eigenvalue weighted by atomic mass is 10.1. The molecule has 2 aromatic rings. The first-order valence-electron chi connectivity index (χ1n) is 9.74. The van der Waals surface area contributed by atoms with E-state index < -0.39 is 22.0 Å². The Morgan fingerprint density at radius 2 is 1.90 bits per heavy atom. The van der Waals surface area contributed by atoms with Crippen molar-refractivity contribution < 1.29 is 17.9 Å². The summed E-state index contributed by atoms with van der Waals surface area (Å²) in [5, 5.41) is 0.931. The lowest BCUT2D eigenvalue weighted by Crippen LogP contribution is -2.46. The number of nitrogens with zero attached hydrogens (tertiary/aromatic N) is 1. The molecule has 3 rings (SSSR count). The van der Waals surface area contributed by atoms with Crippen molar-refractivity contribution in [2.45, 2.75) is 45.9 Å². The van der Waals surface area contributed by atoms with E-state index in [1.807, 2.05) is 32.0 Å². The number of amides is 1. The highest BCUT2D eigenvalue weighted by Crippen LogP contribution is 2.27. The quantitative estimate of drug-likeness (QED) is 0.620. The number of hydrogen-bond donors (Lipinski definition) is 0. The Labute approximate surface area is 187 Å². The van der Waals surface area contributed by atoms with Crippen LogP contribution in [0.15, 0.2) is 36.4 Å². The van der Waals surface area contributed by atoms with Gasteiger partial charge in [0.05, 0.1) is 11.5 Å². The SMILES string of the molecule is Cc1ccc(OC(C)C(=O)N(Cc2ccc(Cl)cc2Cl)C2CCS(=O)(=O)C2)cc1C. The second kappa shape index (κ2) is 9.16. The number of sulfone groups is 1. The van der Waals surface area contributed by atoms with Crippen molar-refractivity contribution >= 4 is 38.9 Å². The normalized spacial score (nSPS) is 18.8. The van der Waals surface area contributed by atoms with E-state index in [4.69, 9.17) is 27.9 Å². The fraction of sp³-hybridized carbons (Fsp3) is 0.409. The third kappa shape index (κ3) is 5.48. The molecule has 0 bridgehead atoms. The Kier molecular flexibility index (Phi) is 7.00. The first-order chi connectivity index (χ1) is 14.1. The predicted octanol–water partition coefficient (Wildman–Crippen LogP) is 4.59. The van der Waals surface area contributed by atoms with Crippen LogP contribution < -0.4 is 4.74 Å². The largest absolute Gasteiger partial charge is 0.481 e. The highest BCUT2D eigenvalue weighted by Gasteiger charge is 2.37. The van der Waals surface area contributed by atoms with E-state index in [2.05, 4.69) is 0 Å². The minimum atomic E-state index is -3.17. The van der Waals surface area contributed by atoms with Crippen LogP contribution in [0, 0.1) is 13.8 Å². The Morgan fingerprint density at radius 3 is 2.50 bits per heavy atom. The van der Waals surface area contributed by atoms with E-state index in [0.29, 0.717) is 27.8 Å². The van der Waals surface area contributed by atoms with Crippen LogP contribution in [0.2, 0.25) is 10.0 Å². The highest BCUT2D eigenvalue weighted by molar-refractivity contribution is 7.91. The van der Waals surface area contributed by atoms with E-state index in [0.717, 1.165) is 11.1 Å². The van der Waals surface area contributed by atoms with Gasteiger partial charge in [0, 0.05) is 22.6 Å². The smallest absolute Gasteiger partial charge is 0.263 e. The zero-order valence-electron chi connectivity index (χ0n) is 17.2. The first-order valence-corrected chi connectivity index (χ1v) is 12.3. The maximum absolute atomic E-state index is 13.3. The molecule has 0 aliphatic carbocycles. The molecule has 1 amide bonds. The summed E-state index contributed by atoms with van der Waals surface area (Å²) in [5.41, 5.74) is 2.91. The highest BCUT2D eigenvalue weighted by atomic mass is 35.5. The number of carbonyl (C=O) groups excluding carboxylic acids is 1. The topological polar surface area (TPSA) is 63.7 Å². The molecule has 0 N–H and O–H groups in total. The van der Waals surface area contributed by atoms with Crippen LogP contribution in [0.1, 0.15) is 30.0 Å². The molecule has 2 atom stereocenters. The monoisotopic (exact) mass is 469 g/mol. The fourth-order valence-electron chi connectivity index (χ4n) is 3.52. The maximum Gasteiger partial charge on any atom is 0.263 e. The molecule has 8 heteroatoms. The van der Waals surface area contributed by atoms with Gasteiger partial charge in [0.25, 0.3) is 5.91 Å². The number of benzene rings is 2. The van der Waals surface area contributed by atoms with Crippen LogP contribution in [-0.4, -0.2) is 42.9 Å². The van der Waals surface area contributed by atoms with Gasteiger partial charge in [0.2, 0.25) is 0 Å². The van der Waals surface area contributed by atoms with Gasteiger partial charge in [-0.2, -0.15) is 0 Å². The number of halogens is 2. The van der Waals surface area contributed by atoms with Gasteiger partial charge in [-0.3, -0.25) is 4.79 Å². The van der Waals surface area contributed by atoms with Crippen LogP contribution in [0.25, 0.3) is 0 Å². The van der Waals surface area contributed by atoms with Gasteiger partial charge in [-0.1, -0.05) is 35.3 Å². The van der Waals surface area contributed by atoms with Gasteiger partial charge < -0.3 is 9.64 Å². The zero-order valence-corrected chi connectivity index (χ0v) is 19.5. The van der Waals surface area contributed by atoms with Crippen LogP contribution in [0.5, 0.6) is 5.75 Å². The molecular weight excluding hydrogens is 445 g/mol. The van der Waals surface area contributed by atoms with Crippen LogP contribution >= 0.6 is 23.2 Å².